The van der Waals surface area contributed by atoms with E-state index in [0.717, 1.165) is 9.52 Å². The Labute approximate surface area is 101 Å². The first-order valence-electron chi connectivity index (χ1n) is 2.90. The van der Waals surface area contributed by atoms with Crippen molar-refractivity contribution in [1.82, 2.24) is 0 Å². The van der Waals surface area contributed by atoms with Gasteiger partial charge in [0, 0.05) is 31.2 Å². The molecule has 0 spiro atoms. The van der Waals surface area contributed by atoms with Gasteiger partial charge in [-0.15, -0.1) is 30.4 Å². The smallest absolute Gasteiger partial charge is 0.0213 e. The van der Waals surface area contributed by atoms with Crippen molar-refractivity contribution in [2.24, 2.45) is 0 Å². The van der Waals surface area contributed by atoms with Crippen LogP contribution in [-0.4, -0.2) is 15.1 Å². The Morgan fingerprint density at radius 2 is 1.00 bits per heavy atom. The average Bonchev–Trinajstić information content (AvgIpc) is 1.27. The number of hydrogen-bond donors (Lipinski definition) is 0. The normalized spacial score (nSPS) is 7.09. The molecule has 0 aliphatic heterocycles. The summed E-state index contributed by atoms with van der Waals surface area (Å²) in [5.41, 5.74) is 6.69. The minimum atomic E-state index is -0.250. The number of hydrogen-bond acceptors (Lipinski definition) is 0. The molecule has 0 aromatic heterocycles. The van der Waals surface area contributed by atoms with Gasteiger partial charge in [-0.05, 0) is 0 Å². The first kappa shape index (κ1) is 29.4. The van der Waals surface area contributed by atoms with Gasteiger partial charge in [-0.3, -0.25) is 0 Å². The summed E-state index contributed by atoms with van der Waals surface area (Å²) in [6.45, 7) is 9.98. The van der Waals surface area contributed by atoms with Crippen LogP contribution in [-0.2, 0) is 21.7 Å². The van der Waals surface area contributed by atoms with Crippen molar-refractivity contribution >= 4 is 34.3 Å². The third kappa shape index (κ3) is 475. The van der Waals surface area contributed by atoms with Gasteiger partial charge in [-0.1, -0.05) is 33.9 Å². The first-order valence-corrected chi connectivity index (χ1v) is 5.21. The molecule has 0 bridgehead atoms. The van der Waals surface area contributed by atoms with E-state index >= 15 is 0 Å². The molecule has 71 valence electrons. The van der Waals surface area contributed by atoms with Gasteiger partial charge in [0.05, 0.1) is 0 Å². The molecule has 11 heavy (non-hydrogen) atoms. The van der Waals surface area contributed by atoms with Crippen molar-refractivity contribution in [3.63, 3.8) is 0 Å². The molecule has 0 unspecified atom stereocenters. The van der Waals surface area contributed by atoms with Crippen molar-refractivity contribution in [3.05, 3.63) is 5.73 Å². The van der Waals surface area contributed by atoms with E-state index in [9.17, 15) is 0 Å². The van der Waals surface area contributed by atoms with Gasteiger partial charge in [0.1, 0.15) is 0 Å². The predicted octanol–water partition coefficient (Wildman–Crippen LogP) is 3.20. The van der Waals surface area contributed by atoms with E-state index in [2.05, 4.69) is 13.1 Å². The molecule has 0 atom stereocenters. The minimum absolute atomic E-state index is 0. The molecule has 0 saturated carbocycles. The Kier molecular flexibility index (Phi) is 46.8. The van der Waals surface area contributed by atoms with E-state index in [1.54, 1.807) is 0 Å². The van der Waals surface area contributed by atoms with Gasteiger partial charge < -0.3 is 5.73 Å². The van der Waals surface area contributed by atoms with Crippen molar-refractivity contribution in [3.8, 4) is 0 Å². The fourth-order valence-corrected chi connectivity index (χ4v) is 0. The molecular weight excluding hydrogens is 233 g/mol. The standard InChI is InChI=1S/C4H10N.C2H7Si.2ClH.Ti/c1-4(2,3)5;1-3-2;;;/h5H,1-3H3;3H,1-2H3;2*1H;/q-1;;;;. The van der Waals surface area contributed by atoms with E-state index in [1.165, 1.54) is 0 Å². The molecule has 0 fully saturated rings. The Balaban J connectivity index is -0.0000000183. The van der Waals surface area contributed by atoms with Crippen molar-refractivity contribution in [2.45, 2.75) is 39.4 Å². The van der Waals surface area contributed by atoms with E-state index < -0.39 is 0 Å². The molecule has 0 rings (SSSR count). The molecule has 5 heteroatoms. The van der Waals surface area contributed by atoms with E-state index in [-0.39, 0.29) is 52.1 Å². The van der Waals surface area contributed by atoms with Crippen LogP contribution in [0.25, 0.3) is 5.73 Å². The number of halogens is 2. The zero-order valence-corrected chi connectivity index (χ0v) is 12.2. The van der Waals surface area contributed by atoms with E-state index in [4.69, 9.17) is 5.73 Å². The summed E-state index contributed by atoms with van der Waals surface area (Å²) in [7, 11) is 0.750. The van der Waals surface area contributed by atoms with Gasteiger partial charge in [0.15, 0.2) is 0 Å². The minimum Gasteiger partial charge on any atom is -0.673 e. The van der Waals surface area contributed by atoms with Crippen LogP contribution in [0.4, 0.5) is 0 Å². The summed E-state index contributed by atoms with van der Waals surface area (Å²) < 4.78 is 0. The van der Waals surface area contributed by atoms with Crippen LogP contribution in [0.1, 0.15) is 20.8 Å². The molecule has 0 amide bonds. The van der Waals surface area contributed by atoms with Gasteiger partial charge in [-0.25, -0.2) is 0 Å². The number of rotatable bonds is 0. The van der Waals surface area contributed by atoms with Crippen LogP contribution in [0.2, 0.25) is 13.1 Å². The summed E-state index contributed by atoms with van der Waals surface area (Å²) in [6, 6.07) is 0. The molecule has 0 aliphatic carbocycles. The Hall–Kier alpha value is 1.47. The van der Waals surface area contributed by atoms with Gasteiger partial charge >= 0.3 is 0 Å². The topological polar surface area (TPSA) is 23.8 Å². The molecular formula is C6H19Cl2NSiTi-. The second-order valence-corrected chi connectivity index (χ2v) is 3.98. The summed E-state index contributed by atoms with van der Waals surface area (Å²) in [6.07, 6.45) is 0. The molecule has 0 aromatic rings. The zero-order chi connectivity index (χ0) is 7.21. The average molecular weight is 252 g/mol. The van der Waals surface area contributed by atoms with Gasteiger partial charge in [0.2, 0.25) is 0 Å². The van der Waals surface area contributed by atoms with E-state index in [0.29, 0.717) is 0 Å². The summed E-state index contributed by atoms with van der Waals surface area (Å²) >= 11 is 0. The van der Waals surface area contributed by atoms with Crippen LogP contribution in [0.15, 0.2) is 0 Å². The fraction of sp³-hybridized carbons (Fsp3) is 1.00. The maximum atomic E-state index is 6.94. The molecule has 1 radical (unpaired) electrons. The van der Waals surface area contributed by atoms with Gasteiger partial charge in [0.25, 0.3) is 0 Å². The Morgan fingerprint density at radius 3 is 1.00 bits per heavy atom. The summed E-state index contributed by atoms with van der Waals surface area (Å²) in [4.78, 5) is 0. The summed E-state index contributed by atoms with van der Waals surface area (Å²) in [5.74, 6) is 0. The molecule has 1 N–H and O–H groups in total. The molecule has 0 aliphatic rings. The van der Waals surface area contributed by atoms with Crippen molar-refractivity contribution in [1.29, 1.82) is 0 Å². The maximum absolute atomic E-state index is 6.94. The molecule has 0 heterocycles. The fourth-order valence-electron chi connectivity index (χ4n) is 0. The van der Waals surface area contributed by atoms with Crippen LogP contribution < -0.4 is 0 Å². The van der Waals surface area contributed by atoms with Crippen LogP contribution in [0.5, 0.6) is 0 Å². The van der Waals surface area contributed by atoms with Crippen LogP contribution >= 0.6 is 24.8 Å². The third-order valence-electron chi connectivity index (χ3n) is 0. The second-order valence-electron chi connectivity index (χ2n) is 2.83. The van der Waals surface area contributed by atoms with Crippen molar-refractivity contribution < 1.29 is 21.7 Å². The van der Waals surface area contributed by atoms with Crippen molar-refractivity contribution in [2.75, 3.05) is 0 Å². The molecule has 0 aromatic carbocycles. The third-order valence-corrected chi connectivity index (χ3v) is 0. The summed E-state index contributed by atoms with van der Waals surface area (Å²) in [5, 5.41) is 0. The largest absolute Gasteiger partial charge is 0.673 e. The molecule has 0 saturated heterocycles. The van der Waals surface area contributed by atoms with Crippen LogP contribution in [0, 0.1) is 0 Å². The first-order chi connectivity index (χ1) is 3.41. The van der Waals surface area contributed by atoms with Gasteiger partial charge in [-0.2, -0.15) is 0 Å². The predicted molar refractivity (Wildman–Crippen MR) is 57.4 cm³/mol. The van der Waals surface area contributed by atoms with E-state index in [1.807, 2.05) is 20.8 Å². The monoisotopic (exact) mass is 251 g/mol. The maximum Gasteiger partial charge on any atom is 0.0213 e. The Bertz CT molecular complexity index is 44.3. The molecule has 1 nitrogen and oxygen atoms in total. The number of nitrogens with one attached hydrogen (secondary N) is 1. The van der Waals surface area contributed by atoms with Crippen LogP contribution in [0.3, 0.4) is 0 Å². The SMILES string of the molecule is CC(C)(C)[NH-].C[SiH]C.Cl.Cl.[Ti]. The zero-order valence-electron chi connectivity index (χ0n) is 7.89. The Morgan fingerprint density at radius 1 is 1.00 bits per heavy atom. The second kappa shape index (κ2) is 17.5. The quantitative estimate of drug-likeness (QED) is 0.591.